The summed E-state index contributed by atoms with van der Waals surface area (Å²) in [5.74, 6) is 1.63. The van der Waals surface area contributed by atoms with E-state index in [9.17, 15) is 0 Å². The summed E-state index contributed by atoms with van der Waals surface area (Å²) in [5, 5.41) is 10.9. The predicted molar refractivity (Wildman–Crippen MR) is 121 cm³/mol. The number of aromatic nitrogens is 1. The second kappa shape index (κ2) is 10.5. The standard InChI is InChI=1S/C20H29N5O.HI/c1-4-16-12-19(26-24-16)13-22-20(21-5-2)23-17-10-11-25(14-17)18-8-6-15(3)7-9-18;/h6-9,12,17H,4-5,10-11,13-14H2,1-3H3,(H2,21,22,23);1H. The molecule has 0 saturated carbocycles. The Labute approximate surface area is 178 Å². The molecule has 0 radical (unpaired) electrons. The first-order valence-electron chi connectivity index (χ1n) is 9.48. The summed E-state index contributed by atoms with van der Waals surface area (Å²) >= 11 is 0. The van der Waals surface area contributed by atoms with Crippen molar-refractivity contribution in [2.45, 2.75) is 46.2 Å². The number of rotatable bonds is 6. The van der Waals surface area contributed by atoms with E-state index in [1.807, 2.05) is 6.07 Å². The Hall–Kier alpha value is -1.77. The van der Waals surface area contributed by atoms with Gasteiger partial charge in [0.05, 0.1) is 5.69 Å². The molecule has 3 rings (SSSR count). The van der Waals surface area contributed by atoms with Crippen LogP contribution in [0.1, 0.15) is 37.3 Å². The lowest BCUT2D eigenvalue weighted by atomic mass is 10.2. The highest BCUT2D eigenvalue weighted by molar-refractivity contribution is 14.0. The van der Waals surface area contributed by atoms with Gasteiger partial charge in [0.25, 0.3) is 0 Å². The number of nitrogens with one attached hydrogen (secondary N) is 2. The Bertz CT molecular complexity index is 728. The van der Waals surface area contributed by atoms with Gasteiger partial charge in [0, 0.05) is 37.4 Å². The Balaban J connectivity index is 0.00000261. The predicted octanol–water partition coefficient (Wildman–Crippen LogP) is 3.50. The van der Waals surface area contributed by atoms with Crippen molar-refractivity contribution < 1.29 is 4.52 Å². The monoisotopic (exact) mass is 483 g/mol. The average Bonchev–Trinajstić information content (AvgIpc) is 3.30. The van der Waals surface area contributed by atoms with E-state index in [-0.39, 0.29) is 24.0 Å². The van der Waals surface area contributed by atoms with Crippen LogP contribution in [0.2, 0.25) is 0 Å². The minimum atomic E-state index is 0. The summed E-state index contributed by atoms with van der Waals surface area (Å²) in [5.41, 5.74) is 3.55. The van der Waals surface area contributed by atoms with Crippen molar-refractivity contribution in [2.75, 3.05) is 24.5 Å². The van der Waals surface area contributed by atoms with Crippen LogP contribution in [0.4, 0.5) is 5.69 Å². The van der Waals surface area contributed by atoms with Gasteiger partial charge in [-0.3, -0.25) is 0 Å². The van der Waals surface area contributed by atoms with Gasteiger partial charge in [0.15, 0.2) is 11.7 Å². The van der Waals surface area contributed by atoms with Crippen LogP contribution in [0.15, 0.2) is 39.8 Å². The van der Waals surface area contributed by atoms with Gasteiger partial charge < -0.3 is 20.1 Å². The molecule has 6 nitrogen and oxygen atoms in total. The fourth-order valence-electron chi connectivity index (χ4n) is 3.14. The van der Waals surface area contributed by atoms with Gasteiger partial charge in [0.1, 0.15) is 6.54 Å². The van der Waals surface area contributed by atoms with E-state index in [1.165, 1.54) is 11.3 Å². The van der Waals surface area contributed by atoms with Crippen LogP contribution >= 0.6 is 24.0 Å². The van der Waals surface area contributed by atoms with Gasteiger partial charge in [-0.15, -0.1) is 24.0 Å². The van der Waals surface area contributed by atoms with E-state index in [2.05, 4.69) is 70.7 Å². The molecule has 148 valence electrons. The highest BCUT2D eigenvalue weighted by Crippen LogP contribution is 2.20. The van der Waals surface area contributed by atoms with Crippen LogP contribution in [0.3, 0.4) is 0 Å². The average molecular weight is 483 g/mol. The van der Waals surface area contributed by atoms with Crippen LogP contribution in [-0.4, -0.2) is 36.8 Å². The number of aliphatic imine (C=N–C) groups is 1. The molecule has 1 fully saturated rings. The zero-order valence-corrected chi connectivity index (χ0v) is 18.7. The first kappa shape index (κ1) is 21.5. The van der Waals surface area contributed by atoms with Crippen LogP contribution in [-0.2, 0) is 13.0 Å². The van der Waals surface area contributed by atoms with Crippen LogP contribution < -0.4 is 15.5 Å². The fourth-order valence-corrected chi connectivity index (χ4v) is 3.14. The number of anilines is 1. The zero-order valence-electron chi connectivity index (χ0n) is 16.4. The highest BCUT2D eigenvalue weighted by atomic mass is 127. The van der Waals surface area contributed by atoms with Gasteiger partial charge in [-0.2, -0.15) is 0 Å². The molecule has 7 heteroatoms. The molecule has 2 aromatic rings. The number of hydrogen-bond acceptors (Lipinski definition) is 4. The summed E-state index contributed by atoms with van der Waals surface area (Å²) in [6.45, 7) is 9.63. The summed E-state index contributed by atoms with van der Waals surface area (Å²) in [6.07, 6.45) is 1.98. The summed E-state index contributed by atoms with van der Waals surface area (Å²) in [6, 6.07) is 11.1. The number of hydrogen-bond donors (Lipinski definition) is 2. The molecule has 2 heterocycles. The third kappa shape index (κ3) is 6.12. The Morgan fingerprint density at radius 3 is 2.74 bits per heavy atom. The Morgan fingerprint density at radius 1 is 1.30 bits per heavy atom. The first-order valence-corrected chi connectivity index (χ1v) is 9.48. The number of aryl methyl sites for hydroxylation is 2. The maximum absolute atomic E-state index is 5.32. The quantitative estimate of drug-likeness (QED) is 0.374. The lowest BCUT2D eigenvalue weighted by molar-refractivity contribution is 0.379. The summed E-state index contributed by atoms with van der Waals surface area (Å²) < 4.78 is 5.32. The zero-order chi connectivity index (χ0) is 18.4. The van der Waals surface area contributed by atoms with E-state index < -0.39 is 0 Å². The molecule has 2 N–H and O–H groups in total. The molecule has 1 aromatic heterocycles. The second-order valence-electron chi connectivity index (χ2n) is 6.74. The minimum Gasteiger partial charge on any atom is -0.369 e. The molecule has 1 atom stereocenters. The van der Waals surface area contributed by atoms with Gasteiger partial charge in [-0.25, -0.2) is 4.99 Å². The van der Waals surface area contributed by atoms with E-state index in [0.29, 0.717) is 12.6 Å². The van der Waals surface area contributed by atoms with E-state index in [0.717, 1.165) is 49.9 Å². The summed E-state index contributed by atoms with van der Waals surface area (Å²) in [4.78, 5) is 7.07. The Morgan fingerprint density at radius 2 is 2.07 bits per heavy atom. The molecule has 27 heavy (non-hydrogen) atoms. The van der Waals surface area contributed by atoms with Crippen LogP contribution in [0.5, 0.6) is 0 Å². The van der Waals surface area contributed by atoms with Crippen molar-refractivity contribution in [1.82, 2.24) is 15.8 Å². The SMILES string of the molecule is CCNC(=NCc1cc(CC)no1)NC1CCN(c2ccc(C)cc2)C1.I. The molecule has 1 unspecified atom stereocenters. The smallest absolute Gasteiger partial charge is 0.191 e. The van der Waals surface area contributed by atoms with E-state index in [1.54, 1.807) is 0 Å². The number of halogens is 1. The molecule has 0 spiro atoms. The summed E-state index contributed by atoms with van der Waals surface area (Å²) in [7, 11) is 0. The van der Waals surface area contributed by atoms with Crippen molar-refractivity contribution in [3.8, 4) is 0 Å². The van der Waals surface area contributed by atoms with Crippen molar-refractivity contribution in [3.05, 3.63) is 47.3 Å². The molecule has 0 bridgehead atoms. The lowest BCUT2D eigenvalue weighted by Gasteiger charge is -2.20. The molecule has 1 aliphatic heterocycles. The van der Waals surface area contributed by atoms with Crippen molar-refractivity contribution >= 4 is 35.6 Å². The molecule has 0 amide bonds. The Kier molecular flexibility index (Phi) is 8.40. The molecule has 1 aliphatic rings. The van der Waals surface area contributed by atoms with Crippen LogP contribution in [0, 0.1) is 6.92 Å². The molecule has 0 aliphatic carbocycles. The highest BCUT2D eigenvalue weighted by Gasteiger charge is 2.23. The lowest BCUT2D eigenvalue weighted by Crippen LogP contribution is -2.44. The van der Waals surface area contributed by atoms with Crippen molar-refractivity contribution in [3.63, 3.8) is 0 Å². The van der Waals surface area contributed by atoms with E-state index in [4.69, 9.17) is 4.52 Å². The van der Waals surface area contributed by atoms with Gasteiger partial charge >= 0.3 is 0 Å². The number of benzene rings is 1. The normalized spacial score (nSPS) is 16.9. The third-order valence-corrected chi connectivity index (χ3v) is 4.64. The fraction of sp³-hybridized carbons (Fsp3) is 0.500. The topological polar surface area (TPSA) is 65.7 Å². The molecular formula is C20H30IN5O. The van der Waals surface area contributed by atoms with E-state index >= 15 is 0 Å². The minimum absolute atomic E-state index is 0. The second-order valence-corrected chi connectivity index (χ2v) is 6.74. The third-order valence-electron chi connectivity index (χ3n) is 4.64. The largest absolute Gasteiger partial charge is 0.369 e. The number of guanidine groups is 1. The first-order chi connectivity index (χ1) is 12.7. The van der Waals surface area contributed by atoms with Crippen molar-refractivity contribution in [2.24, 2.45) is 4.99 Å². The van der Waals surface area contributed by atoms with Crippen LogP contribution in [0.25, 0.3) is 0 Å². The maximum atomic E-state index is 5.32. The number of nitrogens with zero attached hydrogens (tertiary/aromatic N) is 3. The molecule has 1 aromatic carbocycles. The van der Waals surface area contributed by atoms with Gasteiger partial charge in [-0.1, -0.05) is 29.8 Å². The van der Waals surface area contributed by atoms with Crippen molar-refractivity contribution in [1.29, 1.82) is 0 Å². The van der Waals surface area contributed by atoms with Gasteiger partial charge in [-0.05, 0) is 38.8 Å². The molecular weight excluding hydrogens is 453 g/mol. The van der Waals surface area contributed by atoms with Gasteiger partial charge in [0.2, 0.25) is 0 Å². The maximum Gasteiger partial charge on any atom is 0.191 e. The molecule has 1 saturated heterocycles.